The lowest BCUT2D eigenvalue weighted by Gasteiger charge is -2.32. The van der Waals surface area contributed by atoms with Gasteiger partial charge < -0.3 is 10.2 Å². The maximum atomic E-state index is 12.6. The molecule has 0 aromatic rings. The lowest BCUT2D eigenvalue weighted by atomic mass is 10.1. The van der Waals surface area contributed by atoms with Gasteiger partial charge in [0, 0.05) is 32.2 Å². The zero-order valence-electron chi connectivity index (χ0n) is 13.2. The second-order valence-corrected chi connectivity index (χ2v) is 6.75. The molecule has 0 aromatic heterocycles. The van der Waals surface area contributed by atoms with Crippen LogP contribution in [0.4, 0.5) is 0 Å². The number of hydrogen-bond donors (Lipinski definition) is 1. The standard InChI is InChI=1S/C16H31N3O/c1-14(2)12-19(15-6-3-4-7-15)13-16(20)18-10-5-8-17-9-11-18/h14-15,17H,3-13H2,1-2H3. The zero-order chi connectivity index (χ0) is 14.4. The molecule has 1 heterocycles. The highest BCUT2D eigenvalue weighted by Gasteiger charge is 2.26. The van der Waals surface area contributed by atoms with Crippen molar-refractivity contribution in [2.75, 3.05) is 39.3 Å². The van der Waals surface area contributed by atoms with Gasteiger partial charge in [0.2, 0.25) is 5.91 Å². The first-order valence-corrected chi connectivity index (χ1v) is 8.39. The Kier molecular flexibility index (Phi) is 6.30. The van der Waals surface area contributed by atoms with Crippen molar-refractivity contribution in [3.05, 3.63) is 0 Å². The van der Waals surface area contributed by atoms with Crippen LogP contribution < -0.4 is 5.32 Å². The maximum absolute atomic E-state index is 12.6. The average molecular weight is 281 g/mol. The van der Waals surface area contributed by atoms with E-state index in [1.54, 1.807) is 0 Å². The van der Waals surface area contributed by atoms with E-state index in [1.807, 2.05) is 0 Å². The number of carbonyl (C=O) groups is 1. The van der Waals surface area contributed by atoms with Gasteiger partial charge in [-0.2, -0.15) is 0 Å². The molecule has 20 heavy (non-hydrogen) atoms. The van der Waals surface area contributed by atoms with Crippen molar-refractivity contribution in [2.24, 2.45) is 5.92 Å². The highest BCUT2D eigenvalue weighted by molar-refractivity contribution is 5.78. The van der Waals surface area contributed by atoms with Crippen molar-refractivity contribution in [1.82, 2.24) is 15.1 Å². The van der Waals surface area contributed by atoms with Crippen molar-refractivity contribution in [3.8, 4) is 0 Å². The van der Waals surface area contributed by atoms with Crippen LogP contribution in [0.5, 0.6) is 0 Å². The zero-order valence-corrected chi connectivity index (χ0v) is 13.2. The van der Waals surface area contributed by atoms with E-state index in [4.69, 9.17) is 0 Å². The minimum Gasteiger partial charge on any atom is -0.340 e. The highest BCUT2D eigenvalue weighted by atomic mass is 16.2. The number of nitrogens with zero attached hydrogens (tertiary/aromatic N) is 2. The predicted molar refractivity (Wildman–Crippen MR) is 82.7 cm³/mol. The van der Waals surface area contributed by atoms with Crippen LogP contribution in [-0.4, -0.2) is 61.0 Å². The number of nitrogens with one attached hydrogen (secondary N) is 1. The van der Waals surface area contributed by atoms with Gasteiger partial charge in [-0.25, -0.2) is 0 Å². The molecule has 1 aliphatic carbocycles. The van der Waals surface area contributed by atoms with Gasteiger partial charge in [0.15, 0.2) is 0 Å². The number of amides is 1. The quantitative estimate of drug-likeness (QED) is 0.833. The molecule has 0 aromatic carbocycles. The molecule has 2 rings (SSSR count). The fraction of sp³-hybridized carbons (Fsp3) is 0.938. The summed E-state index contributed by atoms with van der Waals surface area (Å²) < 4.78 is 0. The molecule has 4 nitrogen and oxygen atoms in total. The lowest BCUT2D eigenvalue weighted by molar-refractivity contribution is -0.133. The van der Waals surface area contributed by atoms with E-state index in [0.29, 0.717) is 24.4 Å². The molecule has 1 saturated heterocycles. The summed E-state index contributed by atoms with van der Waals surface area (Å²) in [7, 11) is 0. The van der Waals surface area contributed by atoms with E-state index >= 15 is 0 Å². The summed E-state index contributed by atoms with van der Waals surface area (Å²) in [5, 5.41) is 3.37. The van der Waals surface area contributed by atoms with Crippen LogP contribution in [0.25, 0.3) is 0 Å². The third-order valence-electron chi connectivity index (χ3n) is 4.47. The van der Waals surface area contributed by atoms with Gasteiger partial charge in [0.25, 0.3) is 0 Å². The van der Waals surface area contributed by atoms with Crippen LogP contribution in [0.2, 0.25) is 0 Å². The first kappa shape index (κ1) is 15.8. The van der Waals surface area contributed by atoms with Crippen LogP contribution in [0.1, 0.15) is 46.0 Å². The van der Waals surface area contributed by atoms with E-state index in [2.05, 4.69) is 29.0 Å². The average Bonchev–Trinajstić information content (AvgIpc) is 2.79. The molecule has 2 aliphatic rings. The van der Waals surface area contributed by atoms with E-state index in [-0.39, 0.29) is 0 Å². The molecular formula is C16H31N3O. The normalized spacial score (nSPS) is 21.7. The fourth-order valence-corrected chi connectivity index (χ4v) is 3.45. The van der Waals surface area contributed by atoms with E-state index in [1.165, 1.54) is 25.7 Å². The Hall–Kier alpha value is -0.610. The van der Waals surface area contributed by atoms with Crippen LogP contribution in [0.3, 0.4) is 0 Å². The summed E-state index contributed by atoms with van der Waals surface area (Å²) in [5.74, 6) is 0.968. The van der Waals surface area contributed by atoms with Gasteiger partial charge in [0.05, 0.1) is 6.54 Å². The summed E-state index contributed by atoms with van der Waals surface area (Å²) in [6.45, 7) is 9.97. The van der Waals surface area contributed by atoms with Gasteiger partial charge in [-0.1, -0.05) is 26.7 Å². The topological polar surface area (TPSA) is 35.6 Å². The Morgan fingerprint density at radius 3 is 2.65 bits per heavy atom. The van der Waals surface area contributed by atoms with E-state index < -0.39 is 0 Å². The molecule has 0 atom stereocenters. The highest BCUT2D eigenvalue weighted by Crippen LogP contribution is 2.24. The van der Waals surface area contributed by atoms with Gasteiger partial charge in [-0.05, 0) is 31.7 Å². The Labute approximate surface area is 123 Å². The smallest absolute Gasteiger partial charge is 0.236 e. The molecule has 0 bridgehead atoms. The molecule has 2 fully saturated rings. The van der Waals surface area contributed by atoms with E-state index in [9.17, 15) is 4.79 Å². The minimum absolute atomic E-state index is 0.334. The Bertz CT molecular complexity index is 292. The van der Waals surface area contributed by atoms with Crippen LogP contribution in [-0.2, 0) is 4.79 Å². The minimum atomic E-state index is 0.334. The van der Waals surface area contributed by atoms with Crippen LogP contribution in [0.15, 0.2) is 0 Å². The van der Waals surface area contributed by atoms with Crippen molar-refractivity contribution < 1.29 is 4.79 Å². The predicted octanol–water partition coefficient (Wildman–Crippen LogP) is 1.71. The molecule has 0 spiro atoms. The summed E-state index contributed by atoms with van der Waals surface area (Å²) in [4.78, 5) is 17.1. The van der Waals surface area contributed by atoms with Crippen molar-refractivity contribution in [1.29, 1.82) is 0 Å². The third-order valence-corrected chi connectivity index (χ3v) is 4.47. The molecule has 4 heteroatoms. The molecule has 1 N–H and O–H groups in total. The fourth-order valence-electron chi connectivity index (χ4n) is 3.45. The molecular weight excluding hydrogens is 250 g/mol. The molecule has 0 unspecified atom stereocenters. The number of hydrogen-bond acceptors (Lipinski definition) is 3. The van der Waals surface area contributed by atoms with Crippen molar-refractivity contribution >= 4 is 5.91 Å². The van der Waals surface area contributed by atoms with Crippen molar-refractivity contribution in [2.45, 2.75) is 52.0 Å². The Morgan fingerprint density at radius 1 is 1.20 bits per heavy atom. The Balaban J connectivity index is 1.89. The summed E-state index contributed by atoms with van der Waals surface area (Å²) in [6.07, 6.45) is 6.31. The summed E-state index contributed by atoms with van der Waals surface area (Å²) in [5.41, 5.74) is 0. The Morgan fingerprint density at radius 2 is 1.95 bits per heavy atom. The molecule has 116 valence electrons. The lowest BCUT2D eigenvalue weighted by Crippen LogP contribution is -2.46. The van der Waals surface area contributed by atoms with Crippen LogP contribution >= 0.6 is 0 Å². The van der Waals surface area contributed by atoms with Crippen LogP contribution in [0, 0.1) is 5.92 Å². The molecule has 1 amide bonds. The second-order valence-electron chi connectivity index (χ2n) is 6.75. The summed E-state index contributed by atoms with van der Waals surface area (Å²) in [6, 6.07) is 0.645. The van der Waals surface area contributed by atoms with E-state index in [0.717, 1.165) is 39.1 Å². The first-order valence-electron chi connectivity index (χ1n) is 8.39. The first-order chi connectivity index (χ1) is 9.66. The van der Waals surface area contributed by atoms with Crippen molar-refractivity contribution in [3.63, 3.8) is 0 Å². The van der Waals surface area contributed by atoms with Gasteiger partial charge in [0.1, 0.15) is 0 Å². The van der Waals surface area contributed by atoms with Gasteiger partial charge in [-0.3, -0.25) is 9.69 Å². The molecule has 1 saturated carbocycles. The largest absolute Gasteiger partial charge is 0.340 e. The monoisotopic (exact) mass is 281 g/mol. The SMILES string of the molecule is CC(C)CN(CC(=O)N1CCCNCC1)C1CCCC1. The maximum Gasteiger partial charge on any atom is 0.236 e. The molecule has 0 radical (unpaired) electrons. The van der Waals surface area contributed by atoms with Gasteiger partial charge >= 0.3 is 0 Å². The number of rotatable bonds is 5. The van der Waals surface area contributed by atoms with Gasteiger partial charge in [-0.15, -0.1) is 0 Å². The third kappa shape index (κ3) is 4.74. The number of carbonyl (C=O) groups excluding carboxylic acids is 1. The second kappa shape index (κ2) is 7.99. The molecule has 1 aliphatic heterocycles. The summed E-state index contributed by atoms with van der Waals surface area (Å²) >= 11 is 0.